The number of fused-ring (bicyclic) bond motifs is 1. The van der Waals surface area contributed by atoms with E-state index in [4.69, 9.17) is 15.2 Å². The highest BCUT2D eigenvalue weighted by Crippen LogP contribution is 2.36. The standard InChI is InChI=1S/C14H15BrN2O4/c1-4-21-14(19)13-12(16)8-5-11(20-3)9(15)6-10(8)17(13)7(2)18/h5-6H,4,16H2,1-3H3. The number of anilines is 1. The molecule has 0 atom stereocenters. The van der Waals surface area contributed by atoms with Crippen LogP contribution in [0.25, 0.3) is 10.9 Å². The molecule has 0 spiro atoms. The molecule has 0 unspecified atom stereocenters. The molecule has 0 saturated carbocycles. The number of carbonyl (C=O) groups is 2. The van der Waals surface area contributed by atoms with Crippen LogP contribution in [-0.4, -0.2) is 30.2 Å². The average molecular weight is 355 g/mol. The zero-order valence-electron chi connectivity index (χ0n) is 11.9. The summed E-state index contributed by atoms with van der Waals surface area (Å²) in [4.78, 5) is 24.0. The monoisotopic (exact) mass is 354 g/mol. The van der Waals surface area contributed by atoms with Crippen molar-refractivity contribution in [1.29, 1.82) is 0 Å². The van der Waals surface area contributed by atoms with E-state index in [9.17, 15) is 9.59 Å². The van der Waals surface area contributed by atoms with Gasteiger partial charge in [0.05, 0.1) is 29.4 Å². The topological polar surface area (TPSA) is 83.5 Å². The van der Waals surface area contributed by atoms with E-state index in [1.807, 2.05) is 0 Å². The van der Waals surface area contributed by atoms with Gasteiger partial charge in [-0.2, -0.15) is 0 Å². The molecule has 21 heavy (non-hydrogen) atoms. The molecule has 1 aromatic carbocycles. The van der Waals surface area contributed by atoms with Crippen molar-refractivity contribution in [2.75, 3.05) is 19.5 Å². The number of nitrogens with two attached hydrogens (primary N) is 1. The van der Waals surface area contributed by atoms with E-state index >= 15 is 0 Å². The van der Waals surface area contributed by atoms with E-state index in [1.165, 1.54) is 18.6 Å². The first kappa shape index (κ1) is 15.4. The molecule has 2 N–H and O–H groups in total. The second kappa shape index (κ2) is 5.77. The van der Waals surface area contributed by atoms with Crippen molar-refractivity contribution < 1.29 is 19.1 Å². The number of halogens is 1. The molecule has 2 aromatic rings. The van der Waals surface area contributed by atoms with Crippen LogP contribution in [0.4, 0.5) is 5.69 Å². The van der Waals surface area contributed by atoms with Crippen LogP contribution in [-0.2, 0) is 4.74 Å². The predicted molar refractivity (Wildman–Crippen MR) is 82.9 cm³/mol. The number of rotatable bonds is 3. The van der Waals surface area contributed by atoms with Crippen LogP contribution < -0.4 is 10.5 Å². The van der Waals surface area contributed by atoms with Gasteiger partial charge in [0.15, 0.2) is 5.69 Å². The minimum atomic E-state index is -0.628. The Morgan fingerprint density at radius 1 is 1.38 bits per heavy atom. The van der Waals surface area contributed by atoms with E-state index < -0.39 is 5.97 Å². The van der Waals surface area contributed by atoms with Crippen LogP contribution in [0, 0.1) is 0 Å². The molecule has 0 saturated heterocycles. The molecule has 0 aliphatic rings. The van der Waals surface area contributed by atoms with Crippen molar-refractivity contribution in [1.82, 2.24) is 4.57 Å². The number of hydrogen-bond acceptors (Lipinski definition) is 5. The maximum absolute atomic E-state index is 12.1. The number of carbonyl (C=O) groups excluding carboxylic acids is 2. The first-order valence-corrected chi connectivity index (χ1v) is 7.07. The van der Waals surface area contributed by atoms with Crippen molar-refractivity contribution in [2.45, 2.75) is 13.8 Å². The lowest BCUT2D eigenvalue weighted by Crippen LogP contribution is -2.17. The number of methoxy groups -OCH3 is 1. The van der Waals surface area contributed by atoms with Crippen LogP contribution in [0.5, 0.6) is 5.75 Å². The van der Waals surface area contributed by atoms with Gasteiger partial charge in [0.2, 0.25) is 5.91 Å². The number of esters is 1. The zero-order valence-corrected chi connectivity index (χ0v) is 13.5. The van der Waals surface area contributed by atoms with Crippen LogP contribution in [0.1, 0.15) is 29.1 Å². The van der Waals surface area contributed by atoms with Gasteiger partial charge in [0, 0.05) is 12.3 Å². The fourth-order valence-electron chi connectivity index (χ4n) is 2.20. The number of benzene rings is 1. The van der Waals surface area contributed by atoms with Gasteiger partial charge in [-0.25, -0.2) is 4.79 Å². The first-order chi connectivity index (χ1) is 9.92. The minimum absolute atomic E-state index is 0.0412. The van der Waals surface area contributed by atoms with Crippen molar-refractivity contribution in [3.05, 3.63) is 22.3 Å². The van der Waals surface area contributed by atoms with Crippen LogP contribution in [0.15, 0.2) is 16.6 Å². The zero-order chi connectivity index (χ0) is 15.7. The van der Waals surface area contributed by atoms with Gasteiger partial charge in [-0.05, 0) is 35.0 Å². The summed E-state index contributed by atoms with van der Waals surface area (Å²) in [5.41, 5.74) is 6.80. The fraction of sp³-hybridized carbons (Fsp3) is 0.286. The summed E-state index contributed by atoms with van der Waals surface area (Å²) < 4.78 is 12.1. The van der Waals surface area contributed by atoms with E-state index in [0.717, 1.165) is 0 Å². The summed E-state index contributed by atoms with van der Waals surface area (Å²) in [6, 6.07) is 3.37. The normalized spacial score (nSPS) is 10.7. The summed E-state index contributed by atoms with van der Waals surface area (Å²) in [5, 5.41) is 0.563. The molecule has 1 heterocycles. The Hall–Kier alpha value is -2.02. The molecule has 1 aromatic heterocycles. The molecule has 0 aliphatic carbocycles. The molecule has 0 fully saturated rings. The molecule has 0 radical (unpaired) electrons. The number of aromatic nitrogens is 1. The highest BCUT2D eigenvalue weighted by atomic mass is 79.9. The highest BCUT2D eigenvalue weighted by Gasteiger charge is 2.25. The lowest BCUT2D eigenvalue weighted by atomic mass is 10.2. The summed E-state index contributed by atoms with van der Waals surface area (Å²) in [6.07, 6.45) is 0. The number of hydrogen-bond donors (Lipinski definition) is 1. The van der Waals surface area contributed by atoms with Gasteiger partial charge in [-0.3, -0.25) is 9.36 Å². The molecule has 0 bridgehead atoms. The Morgan fingerprint density at radius 3 is 2.57 bits per heavy atom. The van der Waals surface area contributed by atoms with Crippen LogP contribution >= 0.6 is 15.9 Å². The van der Waals surface area contributed by atoms with E-state index in [2.05, 4.69) is 15.9 Å². The number of nitrogens with zero attached hydrogens (tertiary/aromatic N) is 1. The second-order valence-electron chi connectivity index (χ2n) is 4.34. The average Bonchev–Trinajstić information content (AvgIpc) is 2.70. The third kappa shape index (κ3) is 2.49. The first-order valence-electron chi connectivity index (χ1n) is 6.27. The third-order valence-electron chi connectivity index (χ3n) is 3.06. The van der Waals surface area contributed by atoms with Gasteiger partial charge in [0.25, 0.3) is 0 Å². The molecule has 0 aliphatic heterocycles. The largest absolute Gasteiger partial charge is 0.496 e. The predicted octanol–water partition coefficient (Wildman–Crippen LogP) is 2.83. The van der Waals surface area contributed by atoms with Crippen molar-refractivity contribution in [2.24, 2.45) is 0 Å². The van der Waals surface area contributed by atoms with Gasteiger partial charge < -0.3 is 15.2 Å². The Labute approximate surface area is 129 Å². The second-order valence-corrected chi connectivity index (χ2v) is 5.20. The third-order valence-corrected chi connectivity index (χ3v) is 3.68. The summed E-state index contributed by atoms with van der Waals surface area (Å²) >= 11 is 3.36. The van der Waals surface area contributed by atoms with Crippen LogP contribution in [0.2, 0.25) is 0 Å². The van der Waals surface area contributed by atoms with Crippen molar-refractivity contribution >= 4 is 44.4 Å². The highest BCUT2D eigenvalue weighted by molar-refractivity contribution is 9.10. The Balaban J connectivity index is 2.85. The molecule has 112 valence electrons. The molecule has 7 heteroatoms. The maximum Gasteiger partial charge on any atom is 0.357 e. The molecular formula is C14H15BrN2O4. The van der Waals surface area contributed by atoms with Crippen molar-refractivity contribution in [3.8, 4) is 5.75 Å². The summed E-state index contributed by atoms with van der Waals surface area (Å²) in [7, 11) is 1.52. The quantitative estimate of drug-likeness (QED) is 0.856. The van der Waals surface area contributed by atoms with Gasteiger partial charge in [-0.1, -0.05) is 0 Å². The van der Waals surface area contributed by atoms with Gasteiger partial charge >= 0.3 is 5.97 Å². The van der Waals surface area contributed by atoms with Crippen molar-refractivity contribution in [3.63, 3.8) is 0 Å². The fourth-order valence-corrected chi connectivity index (χ4v) is 2.69. The molecule has 6 nitrogen and oxygen atoms in total. The molecular weight excluding hydrogens is 340 g/mol. The number of nitrogen functional groups attached to an aromatic ring is 1. The molecule has 0 amide bonds. The Morgan fingerprint density at radius 2 is 2.05 bits per heavy atom. The SMILES string of the molecule is CCOC(=O)c1c(N)c2cc(OC)c(Br)cc2n1C(C)=O. The lowest BCUT2D eigenvalue weighted by molar-refractivity contribution is 0.0511. The van der Waals surface area contributed by atoms with Gasteiger partial charge in [0.1, 0.15) is 5.75 Å². The minimum Gasteiger partial charge on any atom is -0.496 e. The van der Waals surface area contributed by atoms with Gasteiger partial charge in [-0.15, -0.1) is 0 Å². The summed E-state index contributed by atoms with van der Waals surface area (Å²) in [5.74, 6) is -0.390. The van der Waals surface area contributed by atoms with E-state index in [0.29, 0.717) is 21.1 Å². The summed E-state index contributed by atoms with van der Waals surface area (Å²) in [6.45, 7) is 3.25. The van der Waals surface area contributed by atoms with E-state index in [-0.39, 0.29) is 23.9 Å². The lowest BCUT2D eigenvalue weighted by Gasteiger charge is -2.07. The maximum atomic E-state index is 12.1. The smallest absolute Gasteiger partial charge is 0.357 e. The van der Waals surface area contributed by atoms with E-state index in [1.54, 1.807) is 19.1 Å². The Kier molecular flexibility index (Phi) is 4.22. The molecule has 2 rings (SSSR count). The Bertz CT molecular complexity index is 736. The number of ether oxygens (including phenoxy) is 2. The van der Waals surface area contributed by atoms with Crippen LogP contribution in [0.3, 0.4) is 0 Å².